The largest absolute Gasteiger partial charge is 0.316 e. The fourth-order valence-corrected chi connectivity index (χ4v) is 3.73. The smallest absolute Gasteiger partial charge is 0.211 e. The maximum absolute atomic E-state index is 11.9. The molecule has 0 bridgehead atoms. The molecule has 1 aliphatic rings. The van der Waals surface area contributed by atoms with Crippen LogP contribution in [0, 0.1) is 5.92 Å². The zero-order valence-corrected chi connectivity index (χ0v) is 13.3. The molecular formula is C13H29N3O2S. The molecule has 1 aliphatic heterocycles. The lowest BCUT2D eigenvalue weighted by Gasteiger charge is -2.23. The van der Waals surface area contributed by atoms with Gasteiger partial charge in [-0.15, -0.1) is 0 Å². The number of rotatable bonds is 8. The van der Waals surface area contributed by atoms with Crippen molar-refractivity contribution in [3.05, 3.63) is 0 Å². The Bertz CT molecular complexity index is 338. The highest BCUT2D eigenvalue weighted by Gasteiger charge is 2.20. The highest BCUT2D eigenvalue weighted by Crippen LogP contribution is 2.11. The second kappa shape index (κ2) is 8.19. The minimum atomic E-state index is -3.11. The number of piperidine rings is 1. The lowest BCUT2D eigenvalue weighted by molar-refractivity contribution is 0.271. The molecule has 114 valence electrons. The lowest BCUT2D eigenvalue weighted by Crippen LogP contribution is -2.38. The Labute approximate surface area is 118 Å². The number of hydrogen-bond donors (Lipinski definition) is 2. The first-order valence-corrected chi connectivity index (χ1v) is 8.94. The molecular weight excluding hydrogens is 262 g/mol. The number of nitrogens with zero attached hydrogens (tertiary/aromatic N) is 1. The summed E-state index contributed by atoms with van der Waals surface area (Å²) in [5, 5.41) is 3.25. The van der Waals surface area contributed by atoms with Crippen molar-refractivity contribution in [3.8, 4) is 0 Å². The third kappa shape index (κ3) is 7.25. The molecule has 1 saturated heterocycles. The molecule has 1 atom stereocenters. The van der Waals surface area contributed by atoms with Gasteiger partial charge in [0, 0.05) is 12.6 Å². The minimum absolute atomic E-state index is 0.264. The predicted molar refractivity (Wildman–Crippen MR) is 79.8 cm³/mol. The van der Waals surface area contributed by atoms with Gasteiger partial charge in [-0.05, 0) is 65.7 Å². The van der Waals surface area contributed by atoms with Crippen LogP contribution in [0.15, 0.2) is 0 Å². The standard InChI is InChI=1S/C13H29N3O2S/c1-12(2)16(3)9-5-8-15-19(17,18)11-13-6-4-7-14-10-13/h12-15H,4-11H2,1-3H3. The molecule has 1 unspecified atom stereocenters. The van der Waals surface area contributed by atoms with E-state index in [0.717, 1.165) is 38.9 Å². The van der Waals surface area contributed by atoms with Gasteiger partial charge in [0.2, 0.25) is 10.0 Å². The van der Waals surface area contributed by atoms with Gasteiger partial charge in [-0.3, -0.25) is 0 Å². The summed E-state index contributed by atoms with van der Waals surface area (Å²) in [7, 11) is -1.05. The van der Waals surface area contributed by atoms with Crippen molar-refractivity contribution in [3.63, 3.8) is 0 Å². The fourth-order valence-electron chi connectivity index (χ4n) is 2.25. The SMILES string of the molecule is CC(C)N(C)CCCNS(=O)(=O)CC1CCCNC1. The van der Waals surface area contributed by atoms with Crippen molar-refractivity contribution < 1.29 is 8.42 Å². The van der Waals surface area contributed by atoms with Crippen molar-refractivity contribution >= 4 is 10.0 Å². The van der Waals surface area contributed by atoms with Crippen LogP contribution >= 0.6 is 0 Å². The minimum Gasteiger partial charge on any atom is -0.316 e. The van der Waals surface area contributed by atoms with Crippen molar-refractivity contribution in [1.29, 1.82) is 0 Å². The zero-order valence-electron chi connectivity index (χ0n) is 12.5. The fraction of sp³-hybridized carbons (Fsp3) is 1.00. The van der Waals surface area contributed by atoms with Crippen molar-refractivity contribution in [2.45, 2.75) is 39.2 Å². The van der Waals surface area contributed by atoms with E-state index in [-0.39, 0.29) is 11.7 Å². The Morgan fingerprint density at radius 2 is 2.16 bits per heavy atom. The molecule has 2 N–H and O–H groups in total. The molecule has 1 rings (SSSR count). The third-order valence-electron chi connectivity index (χ3n) is 3.75. The summed E-state index contributed by atoms with van der Waals surface area (Å²) in [4.78, 5) is 2.22. The van der Waals surface area contributed by atoms with Gasteiger partial charge in [-0.2, -0.15) is 0 Å². The molecule has 0 aromatic rings. The summed E-state index contributed by atoms with van der Waals surface area (Å²) >= 11 is 0. The predicted octanol–water partition coefficient (Wildman–Crippen LogP) is 0.636. The van der Waals surface area contributed by atoms with Crippen LogP contribution in [0.25, 0.3) is 0 Å². The molecule has 0 aliphatic carbocycles. The first-order chi connectivity index (χ1) is 8.91. The van der Waals surface area contributed by atoms with Crippen LogP contribution < -0.4 is 10.0 Å². The van der Waals surface area contributed by atoms with Crippen molar-refractivity contribution in [2.75, 3.05) is 39.0 Å². The Kier molecular flexibility index (Phi) is 7.28. The molecule has 0 spiro atoms. The summed E-state index contributed by atoms with van der Waals surface area (Å²) < 4.78 is 26.6. The highest BCUT2D eigenvalue weighted by atomic mass is 32.2. The first-order valence-electron chi connectivity index (χ1n) is 7.29. The summed E-state index contributed by atoms with van der Waals surface area (Å²) in [5.41, 5.74) is 0. The van der Waals surface area contributed by atoms with Gasteiger partial charge >= 0.3 is 0 Å². The molecule has 0 radical (unpaired) electrons. The Balaban J connectivity index is 2.19. The Hall–Kier alpha value is -0.170. The van der Waals surface area contributed by atoms with Crippen LogP contribution in [-0.4, -0.2) is 58.3 Å². The highest BCUT2D eigenvalue weighted by molar-refractivity contribution is 7.89. The zero-order chi connectivity index (χ0) is 14.3. The Morgan fingerprint density at radius 3 is 2.74 bits per heavy atom. The van der Waals surface area contributed by atoms with Crippen LogP contribution in [0.4, 0.5) is 0 Å². The van der Waals surface area contributed by atoms with E-state index in [0.29, 0.717) is 12.6 Å². The van der Waals surface area contributed by atoms with Crippen molar-refractivity contribution in [2.24, 2.45) is 5.92 Å². The second-order valence-corrected chi connectivity index (χ2v) is 7.67. The van der Waals surface area contributed by atoms with Gasteiger partial charge < -0.3 is 10.2 Å². The molecule has 1 heterocycles. The Morgan fingerprint density at radius 1 is 1.42 bits per heavy atom. The van der Waals surface area contributed by atoms with E-state index in [2.05, 4.69) is 35.8 Å². The molecule has 0 saturated carbocycles. The van der Waals surface area contributed by atoms with E-state index in [1.54, 1.807) is 0 Å². The number of sulfonamides is 1. The normalized spacial score (nSPS) is 21.2. The van der Waals surface area contributed by atoms with Gasteiger partial charge in [-0.25, -0.2) is 13.1 Å². The van der Waals surface area contributed by atoms with Crippen LogP contribution in [0.2, 0.25) is 0 Å². The van der Waals surface area contributed by atoms with Gasteiger partial charge in [0.05, 0.1) is 5.75 Å². The average Bonchev–Trinajstić information content (AvgIpc) is 2.35. The topological polar surface area (TPSA) is 61.4 Å². The molecule has 0 aromatic heterocycles. The lowest BCUT2D eigenvalue weighted by atomic mass is 10.0. The molecule has 6 heteroatoms. The van der Waals surface area contributed by atoms with E-state index in [1.807, 2.05) is 0 Å². The van der Waals surface area contributed by atoms with Gasteiger partial charge in [0.25, 0.3) is 0 Å². The van der Waals surface area contributed by atoms with Crippen molar-refractivity contribution in [1.82, 2.24) is 14.9 Å². The van der Waals surface area contributed by atoms with Gasteiger partial charge in [-0.1, -0.05) is 0 Å². The summed E-state index contributed by atoms with van der Waals surface area (Å²) in [6.07, 6.45) is 2.96. The van der Waals surface area contributed by atoms with E-state index >= 15 is 0 Å². The maximum Gasteiger partial charge on any atom is 0.211 e. The third-order valence-corrected chi connectivity index (χ3v) is 5.30. The number of hydrogen-bond acceptors (Lipinski definition) is 4. The monoisotopic (exact) mass is 291 g/mol. The molecule has 0 amide bonds. The summed E-state index contributed by atoms with van der Waals surface area (Å²) in [6, 6.07) is 0.505. The molecule has 19 heavy (non-hydrogen) atoms. The van der Waals surface area contributed by atoms with E-state index in [9.17, 15) is 8.42 Å². The van der Waals surface area contributed by atoms with Crippen LogP contribution in [-0.2, 0) is 10.0 Å². The second-order valence-electron chi connectivity index (χ2n) is 5.82. The van der Waals surface area contributed by atoms with Gasteiger partial charge in [0.1, 0.15) is 0 Å². The van der Waals surface area contributed by atoms with E-state index < -0.39 is 10.0 Å². The first kappa shape index (κ1) is 16.9. The van der Waals surface area contributed by atoms with E-state index in [1.165, 1.54) is 0 Å². The quantitative estimate of drug-likeness (QED) is 0.644. The summed E-state index contributed by atoms with van der Waals surface area (Å²) in [6.45, 7) is 7.59. The summed E-state index contributed by atoms with van der Waals surface area (Å²) in [5.74, 6) is 0.532. The average molecular weight is 291 g/mol. The molecule has 5 nitrogen and oxygen atoms in total. The van der Waals surface area contributed by atoms with Crippen LogP contribution in [0.1, 0.15) is 33.1 Å². The van der Waals surface area contributed by atoms with Gasteiger partial charge in [0.15, 0.2) is 0 Å². The maximum atomic E-state index is 11.9. The molecule has 1 fully saturated rings. The number of nitrogens with one attached hydrogen (secondary N) is 2. The van der Waals surface area contributed by atoms with Crippen LogP contribution in [0.5, 0.6) is 0 Å². The molecule has 0 aromatic carbocycles. The van der Waals surface area contributed by atoms with Crippen LogP contribution in [0.3, 0.4) is 0 Å². The van der Waals surface area contributed by atoms with E-state index in [4.69, 9.17) is 0 Å².